The molecule has 0 aliphatic rings. The first-order valence-electron chi connectivity index (χ1n) is 9.10. The fourth-order valence-corrected chi connectivity index (χ4v) is 3.08. The number of nitrogens with one attached hydrogen (secondary N) is 1. The summed E-state index contributed by atoms with van der Waals surface area (Å²) in [6, 6.07) is 16.4. The summed E-state index contributed by atoms with van der Waals surface area (Å²) in [5.41, 5.74) is 3.39. The fourth-order valence-electron chi connectivity index (χ4n) is 2.67. The Labute approximate surface area is 164 Å². The summed E-state index contributed by atoms with van der Waals surface area (Å²) in [5, 5.41) is 12.1. The SMILES string of the molecule is O=C(O)CCc1ccc(NCCCCCC=Cc2cccc(Br)c2)cc1. The number of aliphatic carboxylic acids is 1. The minimum absolute atomic E-state index is 0.183. The van der Waals surface area contributed by atoms with Crippen LogP contribution in [0.2, 0.25) is 0 Å². The highest BCUT2D eigenvalue weighted by molar-refractivity contribution is 9.10. The molecule has 0 aliphatic carbocycles. The third-order valence-electron chi connectivity index (χ3n) is 4.12. The molecule has 4 heteroatoms. The molecular weight excluding hydrogens is 390 g/mol. The van der Waals surface area contributed by atoms with Gasteiger partial charge in [-0.1, -0.05) is 58.8 Å². The van der Waals surface area contributed by atoms with E-state index in [0.717, 1.165) is 35.1 Å². The van der Waals surface area contributed by atoms with Crippen molar-refractivity contribution in [3.05, 3.63) is 70.2 Å². The number of benzene rings is 2. The first-order chi connectivity index (χ1) is 12.6. The van der Waals surface area contributed by atoms with E-state index in [1.54, 1.807) is 0 Å². The van der Waals surface area contributed by atoms with Gasteiger partial charge in [0.1, 0.15) is 0 Å². The van der Waals surface area contributed by atoms with E-state index in [1.165, 1.54) is 18.4 Å². The largest absolute Gasteiger partial charge is 0.481 e. The summed E-state index contributed by atoms with van der Waals surface area (Å²) in [7, 11) is 0. The summed E-state index contributed by atoms with van der Waals surface area (Å²) in [6.07, 6.45) is 9.83. The minimum Gasteiger partial charge on any atom is -0.481 e. The second-order valence-electron chi connectivity index (χ2n) is 6.32. The van der Waals surface area contributed by atoms with Gasteiger partial charge < -0.3 is 10.4 Å². The lowest BCUT2D eigenvalue weighted by molar-refractivity contribution is -0.136. The van der Waals surface area contributed by atoms with Gasteiger partial charge in [0.15, 0.2) is 0 Å². The molecule has 0 spiro atoms. The Balaban J connectivity index is 1.55. The first-order valence-corrected chi connectivity index (χ1v) is 9.89. The summed E-state index contributed by atoms with van der Waals surface area (Å²) in [5.74, 6) is -0.751. The molecule has 0 bridgehead atoms. The number of carbonyl (C=O) groups is 1. The molecule has 3 nitrogen and oxygen atoms in total. The number of hydrogen-bond donors (Lipinski definition) is 2. The molecule has 2 rings (SSSR count). The van der Waals surface area contributed by atoms with Gasteiger partial charge in [0.2, 0.25) is 0 Å². The van der Waals surface area contributed by atoms with Crippen molar-refractivity contribution >= 4 is 33.7 Å². The van der Waals surface area contributed by atoms with Crippen LogP contribution >= 0.6 is 15.9 Å². The van der Waals surface area contributed by atoms with Crippen LogP contribution in [-0.4, -0.2) is 17.6 Å². The van der Waals surface area contributed by atoms with Crippen LogP contribution in [0.1, 0.15) is 43.2 Å². The molecule has 0 unspecified atom stereocenters. The van der Waals surface area contributed by atoms with Crippen LogP contribution in [0.3, 0.4) is 0 Å². The zero-order valence-corrected chi connectivity index (χ0v) is 16.5. The Bertz CT molecular complexity index is 710. The monoisotopic (exact) mass is 415 g/mol. The van der Waals surface area contributed by atoms with Gasteiger partial charge in [0, 0.05) is 23.1 Å². The number of rotatable bonds is 11. The number of halogens is 1. The molecule has 138 valence electrons. The molecule has 2 aromatic carbocycles. The molecule has 0 atom stereocenters. The van der Waals surface area contributed by atoms with Crippen molar-refractivity contribution in [3.63, 3.8) is 0 Å². The van der Waals surface area contributed by atoms with E-state index in [1.807, 2.05) is 36.4 Å². The molecule has 26 heavy (non-hydrogen) atoms. The number of unbranched alkanes of at least 4 members (excludes halogenated alkanes) is 3. The smallest absolute Gasteiger partial charge is 0.303 e. The van der Waals surface area contributed by atoms with Crippen LogP contribution in [0.4, 0.5) is 5.69 Å². The van der Waals surface area contributed by atoms with Gasteiger partial charge in [0.05, 0.1) is 0 Å². The standard InChI is InChI=1S/C22H26BrNO2/c23-20-9-6-8-19(17-20)7-4-2-1-3-5-16-24-21-13-10-18(11-14-21)12-15-22(25)26/h4,6-11,13-14,17,24H,1-3,5,12,15-16H2,(H,25,26). The quantitative estimate of drug-likeness (QED) is 0.432. The maximum Gasteiger partial charge on any atom is 0.303 e. The van der Waals surface area contributed by atoms with Gasteiger partial charge >= 0.3 is 5.97 Å². The second-order valence-corrected chi connectivity index (χ2v) is 7.24. The maximum atomic E-state index is 10.6. The Morgan fingerprint density at radius 1 is 1.08 bits per heavy atom. The topological polar surface area (TPSA) is 49.3 Å². The highest BCUT2D eigenvalue weighted by Gasteiger charge is 1.99. The average molecular weight is 416 g/mol. The maximum absolute atomic E-state index is 10.6. The Morgan fingerprint density at radius 2 is 1.88 bits per heavy atom. The summed E-state index contributed by atoms with van der Waals surface area (Å²) in [6.45, 7) is 0.962. The van der Waals surface area contributed by atoms with E-state index in [4.69, 9.17) is 5.11 Å². The van der Waals surface area contributed by atoms with E-state index in [2.05, 4.69) is 45.5 Å². The molecule has 0 amide bonds. The van der Waals surface area contributed by atoms with E-state index in [0.29, 0.717) is 6.42 Å². The Hall–Kier alpha value is -2.07. The van der Waals surface area contributed by atoms with Crippen LogP contribution in [0, 0.1) is 0 Å². The van der Waals surface area contributed by atoms with Crippen molar-refractivity contribution in [3.8, 4) is 0 Å². The van der Waals surface area contributed by atoms with Gasteiger partial charge in [-0.2, -0.15) is 0 Å². The normalized spacial score (nSPS) is 11.0. The molecule has 0 aliphatic heterocycles. The van der Waals surface area contributed by atoms with Crippen molar-refractivity contribution in [2.75, 3.05) is 11.9 Å². The minimum atomic E-state index is -0.751. The Kier molecular flexibility index (Phi) is 8.98. The fraction of sp³-hybridized carbons (Fsp3) is 0.318. The van der Waals surface area contributed by atoms with E-state index in [-0.39, 0.29) is 6.42 Å². The molecular formula is C22H26BrNO2. The number of anilines is 1. The molecule has 0 aromatic heterocycles. The summed E-state index contributed by atoms with van der Waals surface area (Å²) < 4.78 is 1.11. The predicted molar refractivity (Wildman–Crippen MR) is 113 cm³/mol. The van der Waals surface area contributed by atoms with E-state index < -0.39 is 5.97 Å². The number of aryl methyl sites for hydroxylation is 1. The zero-order valence-electron chi connectivity index (χ0n) is 15.0. The predicted octanol–water partition coefficient (Wildman–Crippen LogP) is 6.15. The molecule has 2 N–H and O–H groups in total. The number of carboxylic acid groups (broad SMARTS) is 1. The van der Waals surface area contributed by atoms with Crippen molar-refractivity contribution < 1.29 is 9.90 Å². The highest BCUT2D eigenvalue weighted by Crippen LogP contribution is 2.14. The average Bonchev–Trinajstić information content (AvgIpc) is 2.63. The van der Waals surface area contributed by atoms with Gasteiger partial charge in [0.25, 0.3) is 0 Å². The number of allylic oxidation sites excluding steroid dienone is 1. The lowest BCUT2D eigenvalue weighted by Gasteiger charge is -2.07. The summed E-state index contributed by atoms with van der Waals surface area (Å²) >= 11 is 3.49. The molecule has 0 saturated heterocycles. The number of hydrogen-bond acceptors (Lipinski definition) is 2. The highest BCUT2D eigenvalue weighted by atomic mass is 79.9. The molecule has 0 saturated carbocycles. The van der Waals surface area contributed by atoms with E-state index >= 15 is 0 Å². The van der Waals surface area contributed by atoms with Gasteiger partial charge in [-0.05, 0) is 61.1 Å². The van der Waals surface area contributed by atoms with Crippen molar-refractivity contribution in [2.45, 2.75) is 38.5 Å². The van der Waals surface area contributed by atoms with Crippen molar-refractivity contribution in [2.24, 2.45) is 0 Å². The van der Waals surface area contributed by atoms with Crippen molar-refractivity contribution in [1.29, 1.82) is 0 Å². The molecule has 0 fully saturated rings. The van der Waals surface area contributed by atoms with Gasteiger partial charge in [-0.25, -0.2) is 0 Å². The van der Waals surface area contributed by atoms with E-state index in [9.17, 15) is 4.79 Å². The third kappa shape index (κ3) is 8.34. The zero-order chi connectivity index (χ0) is 18.6. The molecule has 2 aromatic rings. The first kappa shape index (κ1) is 20.2. The second kappa shape index (κ2) is 11.5. The van der Waals surface area contributed by atoms with Crippen LogP contribution in [0.15, 0.2) is 59.1 Å². The lowest BCUT2D eigenvalue weighted by Crippen LogP contribution is -2.02. The van der Waals surface area contributed by atoms with Crippen molar-refractivity contribution in [1.82, 2.24) is 0 Å². The van der Waals surface area contributed by atoms with Crippen LogP contribution in [-0.2, 0) is 11.2 Å². The summed E-state index contributed by atoms with van der Waals surface area (Å²) in [4.78, 5) is 10.6. The van der Waals surface area contributed by atoms with Gasteiger partial charge in [-0.3, -0.25) is 4.79 Å². The van der Waals surface area contributed by atoms with Crippen LogP contribution in [0.25, 0.3) is 6.08 Å². The number of carboxylic acids is 1. The Morgan fingerprint density at radius 3 is 2.62 bits per heavy atom. The lowest BCUT2D eigenvalue weighted by atomic mass is 10.1. The molecule has 0 radical (unpaired) electrons. The van der Waals surface area contributed by atoms with Crippen LogP contribution in [0.5, 0.6) is 0 Å². The third-order valence-corrected chi connectivity index (χ3v) is 4.61. The molecule has 0 heterocycles. The van der Waals surface area contributed by atoms with Crippen LogP contribution < -0.4 is 5.32 Å². The van der Waals surface area contributed by atoms with Gasteiger partial charge in [-0.15, -0.1) is 0 Å².